The van der Waals surface area contributed by atoms with Gasteiger partial charge in [-0.3, -0.25) is 9.78 Å². The molecule has 0 aliphatic carbocycles. The maximum absolute atomic E-state index is 11.8. The predicted octanol–water partition coefficient (Wildman–Crippen LogP) is 1.29. The normalized spacial score (nSPS) is 16.0. The number of carbonyl (C=O) groups is 2. The number of halogens is 1. The van der Waals surface area contributed by atoms with Crippen LogP contribution in [-0.2, 0) is 17.8 Å². The van der Waals surface area contributed by atoms with Crippen LogP contribution in [0.3, 0.4) is 0 Å². The topological polar surface area (TPSA) is 70.5 Å². The first kappa shape index (κ1) is 12.8. The van der Waals surface area contributed by atoms with E-state index in [-0.39, 0.29) is 18.0 Å². The quantitative estimate of drug-likeness (QED) is 0.821. The van der Waals surface area contributed by atoms with Crippen LogP contribution in [-0.4, -0.2) is 38.8 Å². The summed E-state index contributed by atoms with van der Waals surface area (Å²) in [4.78, 5) is 28.7. The van der Waals surface area contributed by atoms with Crippen LogP contribution in [0.5, 0.6) is 0 Å². The molecular weight excluding hydrogens is 256 g/mol. The second-order valence-corrected chi connectivity index (χ2v) is 4.87. The second-order valence-electron chi connectivity index (χ2n) is 4.21. The lowest BCUT2D eigenvalue weighted by Gasteiger charge is -2.29. The number of amides is 1. The summed E-state index contributed by atoms with van der Waals surface area (Å²) in [6.07, 6.45) is 2.05. The molecule has 2 rings (SSSR count). The molecule has 1 aliphatic rings. The van der Waals surface area contributed by atoms with Gasteiger partial charge in [-0.25, -0.2) is 4.79 Å². The van der Waals surface area contributed by atoms with Crippen LogP contribution in [0.4, 0.5) is 0 Å². The average Bonchev–Trinajstić information content (AvgIpc) is 2.36. The highest BCUT2D eigenvalue weighted by atomic mass is 35.5. The first-order valence-electron chi connectivity index (χ1n) is 5.63. The van der Waals surface area contributed by atoms with Crippen LogP contribution >= 0.6 is 11.6 Å². The van der Waals surface area contributed by atoms with Crippen LogP contribution in [0.25, 0.3) is 0 Å². The number of aromatic carboxylic acids is 1. The predicted molar refractivity (Wildman–Crippen MR) is 65.6 cm³/mol. The van der Waals surface area contributed by atoms with Gasteiger partial charge in [0, 0.05) is 37.0 Å². The second kappa shape index (κ2) is 4.94. The average molecular weight is 269 g/mol. The molecule has 18 heavy (non-hydrogen) atoms. The van der Waals surface area contributed by atoms with E-state index in [0.717, 1.165) is 5.69 Å². The SMILES string of the molecule is CC(Cl)C(=O)N1CCc2nccc(C(=O)O)c2C1. The van der Waals surface area contributed by atoms with Gasteiger partial charge in [0.1, 0.15) is 5.38 Å². The smallest absolute Gasteiger partial charge is 0.336 e. The number of aromatic nitrogens is 1. The Morgan fingerprint density at radius 1 is 1.56 bits per heavy atom. The van der Waals surface area contributed by atoms with E-state index < -0.39 is 11.3 Å². The number of hydrogen-bond acceptors (Lipinski definition) is 3. The lowest BCUT2D eigenvalue weighted by Crippen LogP contribution is -2.40. The molecule has 96 valence electrons. The number of fused-ring (bicyclic) bond motifs is 1. The Morgan fingerprint density at radius 3 is 2.89 bits per heavy atom. The minimum Gasteiger partial charge on any atom is -0.478 e. The highest BCUT2D eigenvalue weighted by Gasteiger charge is 2.27. The number of carboxylic acid groups (broad SMARTS) is 1. The van der Waals surface area contributed by atoms with Gasteiger partial charge in [0.05, 0.1) is 5.56 Å². The molecule has 0 fully saturated rings. The van der Waals surface area contributed by atoms with Gasteiger partial charge in [-0.1, -0.05) is 0 Å². The van der Waals surface area contributed by atoms with Crippen molar-refractivity contribution in [3.63, 3.8) is 0 Å². The summed E-state index contributed by atoms with van der Waals surface area (Å²) < 4.78 is 0. The van der Waals surface area contributed by atoms with E-state index in [0.29, 0.717) is 18.5 Å². The number of carboxylic acids is 1. The zero-order valence-electron chi connectivity index (χ0n) is 9.89. The van der Waals surface area contributed by atoms with Gasteiger partial charge in [-0.15, -0.1) is 11.6 Å². The standard InChI is InChI=1S/C12H13ClN2O3/c1-7(13)11(16)15-5-3-10-9(6-15)8(12(17)18)2-4-14-10/h2,4,7H,3,5-6H2,1H3,(H,17,18). The molecule has 1 N–H and O–H groups in total. The van der Waals surface area contributed by atoms with Crippen molar-refractivity contribution in [2.24, 2.45) is 0 Å². The molecule has 0 saturated heterocycles. The number of pyridine rings is 1. The fourth-order valence-corrected chi connectivity index (χ4v) is 2.22. The van der Waals surface area contributed by atoms with E-state index in [1.165, 1.54) is 12.3 Å². The summed E-state index contributed by atoms with van der Waals surface area (Å²) >= 11 is 5.77. The van der Waals surface area contributed by atoms with Gasteiger partial charge in [-0.2, -0.15) is 0 Å². The van der Waals surface area contributed by atoms with Gasteiger partial charge in [0.15, 0.2) is 0 Å². The summed E-state index contributed by atoms with van der Waals surface area (Å²) in [6, 6.07) is 1.46. The maximum atomic E-state index is 11.8. The zero-order chi connectivity index (χ0) is 13.3. The molecule has 1 aromatic heterocycles. The summed E-state index contributed by atoms with van der Waals surface area (Å²) in [5.74, 6) is -1.18. The van der Waals surface area contributed by atoms with E-state index in [2.05, 4.69) is 4.98 Å². The van der Waals surface area contributed by atoms with Crippen LogP contribution in [0.1, 0.15) is 28.5 Å². The Balaban J connectivity index is 2.33. The molecule has 1 amide bonds. The van der Waals surface area contributed by atoms with Crippen molar-refractivity contribution >= 4 is 23.5 Å². The van der Waals surface area contributed by atoms with Crippen molar-refractivity contribution in [2.45, 2.75) is 25.3 Å². The van der Waals surface area contributed by atoms with Crippen LogP contribution in [0.2, 0.25) is 0 Å². The molecule has 1 unspecified atom stereocenters. The van der Waals surface area contributed by atoms with Gasteiger partial charge < -0.3 is 10.0 Å². The van der Waals surface area contributed by atoms with Crippen molar-refractivity contribution in [3.8, 4) is 0 Å². The first-order chi connectivity index (χ1) is 8.50. The number of alkyl halides is 1. The van der Waals surface area contributed by atoms with Crippen molar-refractivity contribution < 1.29 is 14.7 Å². The molecule has 1 atom stereocenters. The number of rotatable bonds is 2. The van der Waals surface area contributed by atoms with Crippen molar-refractivity contribution in [3.05, 3.63) is 29.1 Å². The maximum Gasteiger partial charge on any atom is 0.336 e. The monoisotopic (exact) mass is 268 g/mol. The summed E-state index contributed by atoms with van der Waals surface area (Å²) in [5, 5.41) is 8.52. The third-order valence-corrected chi connectivity index (χ3v) is 3.18. The Bertz CT molecular complexity index is 502. The van der Waals surface area contributed by atoms with E-state index in [1.54, 1.807) is 11.8 Å². The molecule has 0 saturated carbocycles. The van der Waals surface area contributed by atoms with Crippen LogP contribution < -0.4 is 0 Å². The Labute approximate surface area is 109 Å². The lowest BCUT2D eigenvalue weighted by molar-refractivity contribution is -0.131. The number of nitrogens with zero attached hydrogens (tertiary/aromatic N) is 2. The van der Waals surface area contributed by atoms with Crippen molar-refractivity contribution in [1.82, 2.24) is 9.88 Å². The minimum absolute atomic E-state index is 0.178. The highest BCUT2D eigenvalue weighted by molar-refractivity contribution is 6.30. The lowest BCUT2D eigenvalue weighted by atomic mass is 10.00. The molecule has 0 radical (unpaired) electrons. The summed E-state index contributed by atoms with van der Waals surface area (Å²) in [7, 11) is 0. The molecule has 0 spiro atoms. The third-order valence-electron chi connectivity index (χ3n) is 2.99. The molecule has 2 heterocycles. The van der Waals surface area contributed by atoms with E-state index >= 15 is 0 Å². The zero-order valence-corrected chi connectivity index (χ0v) is 10.6. The van der Waals surface area contributed by atoms with Crippen LogP contribution in [0.15, 0.2) is 12.3 Å². The van der Waals surface area contributed by atoms with Crippen molar-refractivity contribution in [1.29, 1.82) is 0 Å². The van der Waals surface area contributed by atoms with Gasteiger partial charge in [0.25, 0.3) is 0 Å². The molecular formula is C12H13ClN2O3. The molecule has 6 heteroatoms. The molecule has 0 bridgehead atoms. The fourth-order valence-electron chi connectivity index (χ4n) is 2.08. The molecule has 5 nitrogen and oxygen atoms in total. The highest BCUT2D eigenvalue weighted by Crippen LogP contribution is 2.22. The number of carbonyl (C=O) groups excluding carboxylic acids is 1. The first-order valence-corrected chi connectivity index (χ1v) is 6.07. The van der Waals surface area contributed by atoms with Gasteiger partial charge >= 0.3 is 5.97 Å². The Kier molecular flexibility index (Phi) is 3.52. The van der Waals surface area contributed by atoms with Gasteiger partial charge in [0.2, 0.25) is 5.91 Å². The Hall–Kier alpha value is -1.62. The van der Waals surface area contributed by atoms with E-state index in [4.69, 9.17) is 16.7 Å². The Morgan fingerprint density at radius 2 is 2.28 bits per heavy atom. The van der Waals surface area contributed by atoms with E-state index in [9.17, 15) is 9.59 Å². The summed E-state index contributed by atoms with van der Waals surface area (Å²) in [5.41, 5.74) is 1.57. The van der Waals surface area contributed by atoms with Gasteiger partial charge in [-0.05, 0) is 13.0 Å². The molecule has 1 aromatic rings. The van der Waals surface area contributed by atoms with Crippen LogP contribution in [0, 0.1) is 0 Å². The van der Waals surface area contributed by atoms with Crippen molar-refractivity contribution in [2.75, 3.05) is 6.54 Å². The largest absolute Gasteiger partial charge is 0.478 e. The fraction of sp³-hybridized carbons (Fsp3) is 0.417. The number of hydrogen-bond donors (Lipinski definition) is 1. The minimum atomic E-state index is -0.998. The third kappa shape index (κ3) is 2.31. The molecule has 1 aliphatic heterocycles. The van der Waals surface area contributed by atoms with E-state index in [1.807, 2.05) is 0 Å². The molecule has 0 aromatic carbocycles. The summed E-state index contributed by atoms with van der Waals surface area (Å²) in [6.45, 7) is 2.40.